The number of amides is 2. The summed E-state index contributed by atoms with van der Waals surface area (Å²) in [5.41, 5.74) is 4.88. The van der Waals surface area contributed by atoms with Gasteiger partial charge in [0.05, 0.1) is 18.0 Å². The first kappa shape index (κ1) is 39.4. The fourth-order valence-electron chi connectivity index (χ4n) is 8.67. The first-order valence-electron chi connectivity index (χ1n) is 19.2. The highest BCUT2D eigenvalue weighted by Gasteiger charge is 2.37. The predicted molar refractivity (Wildman–Crippen MR) is 209 cm³/mol. The van der Waals surface area contributed by atoms with E-state index in [1.807, 2.05) is 6.92 Å². The first-order chi connectivity index (χ1) is 27.4. The van der Waals surface area contributed by atoms with Crippen molar-refractivity contribution in [2.75, 3.05) is 42.2 Å². The summed E-state index contributed by atoms with van der Waals surface area (Å²) in [4.78, 5) is 64.7. The monoisotopic (exact) mass is 819 g/mol. The second-order valence-electron chi connectivity index (χ2n) is 16.1. The van der Waals surface area contributed by atoms with Gasteiger partial charge in [0.25, 0.3) is 11.1 Å². The number of rotatable bonds is 10. The van der Waals surface area contributed by atoms with Gasteiger partial charge in [-0.05, 0) is 72.0 Å². The molecule has 13 nitrogen and oxygen atoms in total. The average molecular weight is 820 g/mol. The van der Waals surface area contributed by atoms with Crippen LogP contribution in [0.4, 0.5) is 24.5 Å². The summed E-state index contributed by atoms with van der Waals surface area (Å²) in [6.45, 7) is 5.65. The van der Waals surface area contributed by atoms with Crippen LogP contribution >= 0.6 is 0 Å². The highest BCUT2D eigenvalue weighted by Crippen LogP contribution is 2.35. The Morgan fingerprint density at radius 3 is 1.97 bits per heavy atom. The lowest BCUT2D eigenvalue weighted by molar-refractivity contribution is -0.141. The SMILES string of the molecule is Cc1cc(=O)n(CCc2cc(=O)n(C)c3c2CN(C(=O)CC2CN(c4ccc(S(C)(=O)=O)cc4)C2)C3)c2c1CN(C(=O)CC1CN(c3ccnc(C(F)(F)F)c3)C1)C2. The van der Waals surface area contributed by atoms with Gasteiger partial charge in [0.1, 0.15) is 5.69 Å². The third-order valence-electron chi connectivity index (χ3n) is 12.1. The van der Waals surface area contributed by atoms with Gasteiger partial charge in [-0.3, -0.25) is 24.2 Å². The van der Waals surface area contributed by atoms with Gasteiger partial charge in [-0.1, -0.05) is 0 Å². The number of sulfone groups is 1. The maximum absolute atomic E-state index is 13.5. The van der Waals surface area contributed by atoms with Crippen molar-refractivity contribution in [2.45, 2.75) is 70.0 Å². The highest BCUT2D eigenvalue weighted by molar-refractivity contribution is 7.90. The zero-order valence-electron chi connectivity index (χ0n) is 32.5. The molecule has 0 aliphatic carbocycles. The van der Waals surface area contributed by atoms with Crippen LogP contribution in [0.1, 0.15) is 52.2 Å². The maximum atomic E-state index is 13.5. The number of anilines is 2. The minimum atomic E-state index is -4.54. The summed E-state index contributed by atoms with van der Waals surface area (Å²) < 4.78 is 66.4. The van der Waals surface area contributed by atoms with Crippen LogP contribution in [-0.2, 0) is 71.8 Å². The molecule has 4 aromatic rings. The van der Waals surface area contributed by atoms with E-state index in [1.165, 1.54) is 12.3 Å². The summed E-state index contributed by atoms with van der Waals surface area (Å²) in [5, 5.41) is 0. The predicted octanol–water partition coefficient (Wildman–Crippen LogP) is 3.65. The number of carbonyl (C=O) groups is 2. The van der Waals surface area contributed by atoms with Crippen molar-refractivity contribution in [1.29, 1.82) is 0 Å². The van der Waals surface area contributed by atoms with Crippen molar-refractivity contribution >= 4 is 33.0 Å². The molecule has 4 aliphatic rings. The van der Waals surface area contributed by atoms with Crippen molar-refractivity contribution in [3.05, 3.63) is 115 Å². The summed E-state index contributed by atoms with van der Waals surface area (Å²) in [5.74, 6) is 0.0262. The minimum Gasteiger partial charge on any atom is -0.371 e. The summed E-state index contributed by atoms with van der Waals surface area (Å²) in [6, 6.07) is 12.4. The van der Waals surface area contributed by atoms with Gasteiger partial charge in [-0.2, -0.15) is 13.2 Å². The molecule has 2 saturated heterocycles. The number of pyridine rings is 3. The third kappa shape index (κ3) is 7.63. The Kier molecular flexibility index (Phi) is 10.0. The van der Waals surface area contributed by atoms with Crippen molar-refractivity contribution in [1.82, 2.24) is 23.9 Å². The van der Waals surface area contributed by atoms with E-state index >= 15 is 0 Å². The van der Waals surface area contributed by atoms with E-state index in [0.717, 1.165) is 51.6 Å². The van der Waals surface area contributed by atoms with E-state index in [0.29, 0.717) is 64.3 Å². The minimum absolute atomic E-state index is 0.00780. The fraction of sp³-hybridized carbons (Fsp3) is 0.439. The number of benzene rings is 1. The topological polar surface area (TPSA) is 138 Å². The number of hydrogen-bond donors (Lipinski definition) is 0. The van der Waals surface area contributed by atoms with E-state index in [2.05, 4.69) is 9.88 Å². The molecule has 0 atom stereocenters. The molecule has 2 amide bonds. The fourth-order valence-corrected chi connectivity index (χ4v) is 9.30. The Morgan fingerprint density at radius 1 is 0.776 bits per heavy atom. The number of aryl methyl sites for hydroxylation is 2. The molecule has 4 aliphatic heterocycles. The lowest BCUT2D eigenvalue weighted by Crippen LogP contribution is -2.48. The molecule has 0 saturated carbocycles. The number of aromatic nitrogens is 3. The third-order valence-corrected chi connectivity index (χ3v) is 13.2. The number of nitrogens with zero attached hydrogens (tertiary/aromatic N) is 7. The lowest BCUT2D eigenvalue weighted by Gasteiger charge is -2.41. The molecule has 0 unspecified atom stereocenters. The summed E-state index contributed by atoms with van der Waals surface area (Å²) >= 11 is 0. The zero-order chi connectivity index (χ0) is 41.3. The summed E-state index contributed by atoms with van der Waals surface area (Å²) in [7, 11) is -1.59. The summed E-state index contributed by atoms with van der Waals surface area (Å²) in [6.07, 6.45) is -1.27. The molecule has 0 N–H and O–H groups in total. The Balaban J connectivity index is 0.883. The van der Waals surface area contributed by atoms with Crippen molar-refractivity contribution < 1.29 is 31.2 Å². The van der Waals surface area contributed by atoms with Gasteiger partial charge in [0.2, 0.25) is 11.8 Å². The molecule has 1 aromatic carbocycles. The van der Waals surface area contributed by atoms with Crippen molar-refractivity contribution in [2.24, 2.45) is 18.9 Å². The van der Waals surface area contributed by atoms with Crippen molar-refractivity contribution in [3.8, 4) is 0 Å². The van der Waals surface area contributed by atoms with E-state index in [-0.39, 0.29) is 59.2 Å². The Bertz CT molecular complexity index is 2540. The van der Waals surface area contributed by atoms with Crippen molar-refractivity contribution in [3.63, 3.8) is 0 Å². The van der Waals surface area contributed by atoms with Gasteiger partial charge in [-0.15, -0.1) is 0 Å². The molecular weight excluding hydrogens is 776 g/mol. The Morgan fingerprint density at radius 2 is 1.36 bits per heavy atom. The van der Waals surface area contributed by atoms with Crippen LogP contribution in [0.5, 0.6) is 0 Å². The number of halogens is 3. The molecule has 2 fully saturated rings. The standard InChI is InChI=1S/C41H44F3N7O6S/c1-25-12-40(55)51(35-24-49(21-32(25)35)38(53)14-27-19-48(20-27)30-8-10-45-36(16-30)41(42,43)44)11-9-28-15-37(52)46(2)34-23-50(22-33(28)34)39(54)13-26-17-47(18-26)29-4-6-31(7-5-29)58(3,56)57/h4-8,10,12,15-16,26-27H,9,11,13-14,17-24H2,1-3H3. The number of hydrogen-bond acceptors (Lipinski definition) is 9. The molecular formula is C41H44F3N7O6S. The average Bonchev–Trinajstić information content (AvgIpc) is 3.79. The maximum Gasteiger partial charge on any atom is 0.433 e. The van der Waals surface area contributed by atoms with Crippen LogP contribution in [0.15, 0.2) is 69.2 Å². The molecule has 7 heterocycles. The number of alkyl halides is 3. The molecule has 306 valence electrons. The zero-order valence-corrected chi connectivity index (χ0v) is 33.3. The van der Waals surface area contributed by atoms with E-state index in [4.69, 9.17) is 0 Å². The van der Waals surface area contributed by atoms with Crippen LogP contribution in [-0.4, -0.2) is 76.6 Å². The van der Waals surface area contributed by atoms with E-state index < -0.39 is 21.7 Å². The molecule has 0 spiro atoms. The first-order valence-corrected chi connectivity index (χ1v) is 21.1. The normalized spacial score (nSPS) is 17.0. The molecule has 0 bridgehead atoms. The molecule has 17 heteroatoms. The molecule has 0 radical (unpaired) electrons. The van der Waals surface area contributed by atoms with Crippen LogP contribution in [0, 0.1) is 18.8 Å². The second-order valence-corrected chi connectivity index (χ2v) is 18.1. The Hall–Kier alpha value is -5.45. The number of fused-ring (bicyclic) bond motifs is 2. The molecule has 58 heavy (non-hydrogen) atoms. The largest absolute Gasteiger partial charge is 0.433 e. The highest BCUT2D eigenvalue weighted by atomic mass is 32.2. The Labute approximate surface area is 333 Å². The van der Waals surface area contributed by atoms with Crippen LogP contribution < -0.4 is 20.9 Å². The van der Waals surface area contributed by atoms with Gasteiger partial charge in [0, 0.05) is 125 Å². The van der Waals surface area contributed by atoms with Crippen LogP contribution in [0.3, 0.4) is 0 Å². The van der Waals surface area contributed by atoms with Gasteiger partial charge >= 0.3 is 6.18 Å². The van der Waals surface area contributed by atoms with Crippen LogP contribution in [0.2, 0.25) is 0 Å². The quantitative estimate of drug-likeness (QED) is 0.235. The molecule has 3 aromatic heterocycles. The number of carbonyl (C=O) groups excluding carboxylic acids is 2. The second kappa shape index (κ2) is 14.7. The van der Waals surface area contributed by atoms with Crippen LogP contribution in [0.25, 0.3) is 0 Å². The van der Waals surface area contributed by atoms with E-state index in [9.17, 15) is 40.8 Å². The lowest BCUT2D eigenvalue weighted by atomic mass is 9.95. The molecule has 8 rings (SSSR count). The van der Waals surface area contributed by atoms with Gasteiger partial charge < -0.3 is 28.7 Å². The smallest absolute Gasteiger partial charge is 0.371 e. The van der Waals surface area contributed by atoms with Gasteiger partial charge in [0.15, 0.2) is 9.84 Å². The van der Waals surface area contributed by atoms with Gasteiger partial charge in [-0.25, -0.2) is 8.42 Å². The van der Waals surface area contributed by atoms with E-state index in [1.54, 1.807) is 67.3 Å².